The number of hydrogen-bond donors (Lipinski definition) is 1. The van der Waals surface area contributed by atoms with Crippen LogP contribution in [0.5, 0.6) is 11.5 Å². The molecular formula is C25H21BrN2O4. The van der Waals surface area contributed by atoms with Gasteiger partial charge in [0.25, 0.3) is 11.8 Å². The summed E-state index contributed by atoms with van der Waals surface area (Å²) >= 11 is 3.53. The first-order valence-corrected chi connectivity index (χ1v) is 10.7. The Morgan fingerprint density at radius 1 is 1.03 bits per heavy atom. The number of amides is 2. The zero-order valence-corrected chi connectivity index (χ0v) is 19.2. The van der Waals surface area contributed by atoms with Gasteiger partial charge >= 0.3 is 0 Å². The fourth-order valence-electron chi connectivity index (χ4n) is 3.37. The largest absolute Gasteiger partial charge is 0.493 e. The molecule has 7 heteroatoms. The molecule has 0 radical (unpaired) electrons. The summed E-state index contributed by atoms with van der Waals surface area (Å²) in [6.45, 7) is 2.41. The van der Waals surface area contributed by atoms with Crippen LogP contribution in [0.25, 0.3) is 6.08 Å². The highest BCUT2D eigenvalue weighted by atomic mass is 79.9. The van der Waals surface area contributed by atoms with Gasteiger partial charge < -0.3 is 9.47 Å². The average molecular weight is 493 g/mol. The molecular weight excluding hydrogens is 472 g/mol. The molecule has 0 atom stereocenters. The zero-order valence-electron chi connectivity index (χ0n) is 17.6. The Labute approximate surface area is 194 Å². The second kappa shape index (κ2) is 9.28. The molecule has 162 valence electrons. The van der Waals surface area contributed by atoms with Gasteiger partial charge in [-0.2, -0.15) is 0 Å². The molecule has 0 aliphatic carbocycles. The van der Waals surface area contributed by atoms with E-state index in [0.717, 1.165) is 11.1 Å². The number of hydrazine groups is 1. The molecule has 3 aromatic rings. The van der Waals surface area contributed by atoms with Crippen molar-refractivity contribution in [2.75, 3.05) is 12.1 Å². The number of para-hydroxylation sites is 1. The number of nitrogens with one attached hydrogen (secondary N) is 1. The lowest BCUT2D eigenvalue weighted by Crippen LogP contribution is -2.35. The smallest absolute Gasteiger partial charge is 0.282 e. The van der Waals surface area contributed by atoms with E-state index in [9.17, 15) is 9.59 Å². The predicted molar refractivity (Wildman–Crippen MR) is 126 cm³/mol. The molecule has 0 unspecified atom stereocenters. The van der Waals surface area contributed by atoms with E-state index in [0.29, 0.717) is 33.8 Å². The van der Waals surface area contributed by atoms with E-state index in [2.05, 4.69) is 21.4 Å². The molecule has 1 heterocycles. The van der Waals surface area contributed by atoms with E-state index in [1.54, 1.807) is 49.6 Å². The molecule has 1 aliphatic heterocycles. The normalized spacial score (nSPS) is 14.6. The number of benzene rings is 3. The van der Waals surface area contributed by atoms with E-state index in [1.807, 2.05) is 37.3 Å². The van der Waals surface area contributed by atoms with Gasteiger partial charge in [0.2, 0.25) is 0 Å². The minimum atomic E-state index is -0.464. The number of hydrogen-bond acceptors (Lipinski definition) is 4. The average Bonchev–Trinajstić information content (AvgIpc) is 3.08. The van der Waals surface area contributed by atoms with Crippen molar-refractivity contribution in [3.63, 3.8) is 0 Å². The van der Waals surface area contributed by atoms with Crippen LogP contribution in [0.15, 0.2) is 76.8 Å². The number of anilines is 1. The summed E-state index contributed by atoms with van der Waals surface area (Å²) in [6.07, 6.45) is 1.54. The van der Waals surface area contributed by atoms with E-state index in [-0.39, 0.29) is 5.57 Å². The molecule has 1 aliphatic rings. The molecule has 0 aromatic heterocycles. The predicted octanol–water partition coefficient (Wildman–Crippen LogP) is 4.81. The Kier molecular flexibility index (Phi) is 6.28. The molecule has 1 N–H and O–H groups in total. The summed E-state index contributed by atoms with van der Waals surface area (Å²) in [5.41, 5.74) is 6.06. The van der Waals surface area contributed by atoms with Gasteiger partial charge in [0.1, 0.15) is 12.2 Å². The van der Waals surface area contributed by atoms with Crippen LogP contribution in [0, 0.1) is 6.92 Å². The maximum atomic E-state index is 12.8. The van der Waals surface area contributed by atoms with Gasteiger partial charge in [-0.3, -0.25) is 15.0 Å². The monoisotopic (exact) mass is 492 g/mol. The standard InChI is InChI=1S/C25H21BrN2O4/c1-16-8-6-7-9-18(16)15-32-23-21(26)13-17(14-22(23)31-2)12-20-24(29)27-28(25(20)30)19-10-4-3-5-11-19/h3-14H,15H2,1-2H3,(H,27,29)/b20-12+. The second-order valence-corrected chi connectivity index (χ2v) is 8.08. The maximum absolute atomic E-state index is 12.8. The quantitative estimate of drug-likeness (QED) is 0.396. The molecule has 2 amide bonds. The Morgan fingerprint density at radius 2 is 1.75 bits per heavy atom. The zero-order chi connectivity index (χ0) is 22.7. The van der Waals surface area contributed by atoms with Crippen molar-refractivity contribution >= 4 is 39.5 Å². The lowest BCUT2D eigenvalue weighted by molar-refractivity contribution is -0.117. The number of aryl methyl sites for hydroxylation is 1. The number of methoxy groups -OCH3 is 1. The van der Waals surface area contributed by atoms with E-state index < -0.39 is 11.8 Å². The number of ether oxygens (including phenoxy) is 2. The SMILES string of the molecule is COc1cc(/C=C2\C(=O)NN(c3ccccc3)C2=O)cc(Br)c1OCc1ccccc1C. The first-order valence-electron chi connectivity index (χ1n) is 9.95. The van der Waals surface area contributed by atoms with Gasteiger partial charge in [-0.1, -0.05) is 42.5 Å². The molecule has 6 nitrogen and oxygen atoms in total. The van der Waals surface area contributed by atoms with Gasteiger partial charge in [-0.25, -0.2) is 5.01 Å². The van der Waals surface area contributed by atoms with Gasteiger partial charge in [-0.15, -0.1) is 0 Å². The van der Waals surface area contributed by atoms with Crippen molar-refractivity contribution < 1.29 is 19.1 Å². The first kappa shape index (κ1) is 21.6. The number of rotatable bonds is 6. The van der Waals surface area contributed by atoms with Crippen LogP contribution >= 0.6 is 15.9 Å². The van der Waals surface area contributed by atoms with E-state index >= 15 is 0 Å². The molecule has 4 rings (SSSR count). The Balaban J connectivity index is 1.60. The Hall–Kier alpha value is -3.58. The van der Waals surface area contributed by atoms with Crippen molar-refractivity contribution in [2.45, 2.75) is 13.5 Å². The highest BCUT2D eigenvalue weighted by Crippen LogP contribution is 2.38. The topological polar surface area (TPSA) is 67.9 Å². The summed E-state index contributed by atoms with van der Waals surface area (Å²) in [4.78, 5) is 25.3. The number of halogens is 1. The fraction of sp³-hybridized carbons (Fsp3) is 0.120. The van der Waals surface area contributed by atoms with Crippen LogP contribution in [-0.2, 0) is 16.2 Å². The first-order chi connectivity index (χ1) is 15.5. The Morgan fingerprint density at radius 3 is 2.47 bits per heavy atom. The highest BCUT2D eigenvalue weighted by molar-refractivity contribution is 9.10. The van der Waals surface area contributed by atoms with Crippen molar-refractivity contribution in [1.29, 1.82) is 0 Å². The van der Waals surface area contributed by atoms with Crippen molar-refractivity contribution in [3.8, 4) is 11.5 Å². The van der Waals surface area contributed by atoms with Crippen LogP contribution in [-0.4, -0.2) is 18.9 Å². The maximum Gasteiger partial charge on any atom is 0.282 e. The van der Waals surface area contributed by atoms with Crippen LogP contribution in [0.3, 0.4) is 0 Å². The van der Waals surface area contributed by atoms with E-state index in [4.69, 9.17) is 9.47 Å². The second-order valence-electron chi connectivity index (χ2n) is 7.22. The third-order valence-electron chi connectivity index (χ3n) is 5.10. The van der Waals surface area contributed by atoms with Crippen LogP contribution in [0.1, 0.15) is 16.7 Å². The molecule has 0 spiro atoms. The van der Waals surface area contributed by atoms with Crippen molar-refractivity contribution in [2.24, 2.45) is 0 Å². The number of carbonyl (C=O) groups excluding carboxylic acids is 2. The van der Waals surface area contributed by atoms with Crippen molar-refractivity contribution in [3.05, 3.63) is 93.5 Å². The van der Waals surface area contributed by atoms with Crippen LogP contribution in [0.4, 0.5) is 5.69 Å². The summed E-state index contributed by atoms with van der Waals surface area (Å²) in [5, 5.41) is 1.24. The number of nitrogens with zero attached hydrogens (tertiary/aromatic N) is 1. The van der Waals surface area contributed by atoms with Gasteiger partial charge in [0.05, 0.1) is 17.3 Å². The molecule has 32 heavy (non-hydrogen) atoms. The van der Waals surface area contributed by atoms with Crippen LogP contribution < -0.4 is 19.9 Å². The van der Waals surface area contributed by atoms with E-state index in [1.165, 1.54) is 5.01 Å². The summed E-state index contributed by atoms with van der Waals surface area (Å²) in [5.74, 6) is 0.154. The molecule has 3 aromatic carbocycles. The summed E-state index contributed by atoms with van der Waals surface area (Å²) in [6, 6.07) is 20.5. The van der Waals surface area contributed by atoms with Gasteiger partial charge in [0, 0.05) is 0 Å². The summed E-state index contributed by atoms with van der Waals surface area (Å²) in [7, 11) is 1.55. The number of carbonyl (C=O) groups is 2. The summed E-state index contributed by atoms with van der Waals surface area (Å²) < 4.78 is 12.2. The lowest BCUT2D eigenvalue weighted by atomic mass is 10.1. The van der Waals surface area contributed by atoms with Gasteiger partial charge in [0.15, 0.2) is 11.5 Å². The lowest BCUT2D eigenvalue weighted by Gasteiger charge is -2.15. The molecule has 0 saturated carbocycles. The third-order valence-corrected chi connectivity index (χ3v) is 5.69. The fourth-order valence-corrected chi connectivity index (χ4v) is 3.94. The minimum absolute atomic E-state index is 0.0383. The molecule has 0 bridgehead atoms. The minimum Gasteiger partial charge on any atom is -0.493 e. The highest BCUT2D eigenvalue weighted by Gasteiger charge is 2.34. The molecule has 1 saturated heterocycles. The van der Waals surface area contributed by atoms with Gasteiger partial charge in [-0.05, 0) is 69.9 Å². The molecule has 1 fully saturated rings. The van der Waals surface area contributed by atoms with Crippen LogP contribution in [0.2, 0.25) is 0 Å². The Bertz CT molecular complexity index is 1210. The van der Waals surface area contributed by atoms with Crippen molar-refractivity contribution in [1.82, 2.24) is 5.43 Å². The third kappa shape index (κ3) is 4.38.